The van der Waals surface area contributed by atoms with Crippen molar-refractivity contribution in [1.82, 2.24) is 15.1 Å². The quantitative estimate of drug-likeness (QED) is 0.844. The molecular formula is C16H29N3O2. The molecule has 1 N–H and O–H groups in total. The second kappa shape index (κ2) is 9.03. The van der Waals surface area contributed by atoms with Gasteiger partial charge in [-0.2, -0.15) is 0 Å². The van der Waals surface area contributed by atoms with Crippen LogP contribution in [-0.2, 0) is 9.59 Å². The van der Waals surface area contributed by atoms with Crippen molar-refractivity contribution in [1.29, 1.82) is 0 Å². The molecular weight excluding hydrogens is 266 g/mol. The van der Waals surface area contributed by atoms with Gasteiger partial charge in [0.15, 0.2) is 0 Å². The summed E-state index contributed by atoms with van der Waals surface area (Å²) in [6.45, 7) is 5.13. The summed E-state index contributed by atoms with van der Waals surface area (Å²) in [4.78, 5) is 26.4. The highest BCUT2D eigenvalue weighted by Crippen LogP contribution is 2.14. The number of likely N-dealkylation sites (tertiary alicyclic amines) is 2. The first-order chi connectivity index (χ1) is 10.3. The van der Waals surface area contributed by atoms with Crippen molar-refractivity contribution in [3.8, 4) is 0 Å². The molecule has 3 heterocycles. The lowest BCUT2D eigenvalue weighted by Crippen LogP contribution is -2.45. The van der Waals surface area contributed by atoms with Gasteiger partial charge in [0.2, 0.25) is 11.8 Å². The molecule has 0 radical (unpaired) electrons. The van der Waals surface area contributed by atoms with Crippen molar-refractivity contribution in [2.24, 2.45) is 0 Å². The average molecular weight is 295 g/mol. The van der Waals surface area contributed by atoms with E-state index in [2.05, 4.69) is 10.2 Å². The summed E-state index contributed by atoms with van der Waals surface area (Å²) < 4.78 is 0. The minimum Gasteiger partial charge on any atom is -0.356 e. The molecule has 5 nitrogen and oxygen atoms in total. The van der Waals surface area contributed by atoms with E-state index in [0.717, 1.165) is 51.9 Å². The van der Waals surface area contributed by atoms with Crippen molar-refractivity contribution in [3.05, 3.63) is 0 Å². The van der Waals surface area contributed by atoms with Gasteiger partial charge in [-0.15, -0.1) is 0 Å². The fourth-order valence-corrected chi connectivity index (χ4v) is 3.08. The van der Waals surface area contributed by atoms with Gasteiger partial charge >= 0.3 is 0 Å². The molecule has 3 saturated heterocycles. The van der Waals surface area contributed by atoms with Gasteiger partial charge in [-0.1, -0.05) is 6.42 Å². The van der Waals surface area contributed by atoms with Crippen LogP contribution in [0.4, 0.5) is 0 Å². The van der Waals surface area contributed by atoms with E-state index in [0.29, 0.717) is 5.91 Å². The van der Waals surface area contributed by atoms with Gasteiger partial charge in [0.1, 0.15) is 0 Å². The Morgan fingerprint density at radius 1 is 0.810 bits per heavy atom. The largest absolute Gasteiger partial charge is 0.356 e. The molecule has 0 unspecified atom stereocenters. The molecule has 0 aliphatic carbocycles. The predicted octanol–water partition coefficient (Wildman–Crippen LogP) is 1.73. The standard InChI is InChI=1S/C11H20N2O.C5H9NO/c14-11-6-2-5-9-13(11)10-12-7-3-1-4-8-12;7-5-3-1-2-4-6-5/h1-10H2;1-4H2,(H,6,7). The molecule has 2 amide bonds. The van der Waals surface area contributed by atoms with Crippen molar-refractivity contribution < 1.29 is 9.59 Å². The van der Waals surface area contributed by atoms with Gasteiger partial charge < -0.3 is 10.2 Å². The van der Waals surface area contributed by atoms with E-state index in [1.807, 2.05) is 4.90 Å². The average Bonchev–Trinajstić information content (AvgIpc) is 2.52. The van der Waals surface area contributed by atoms with Crippen LogP contribution in [0.25, 0.3) is 0 Å². The third kappa shape index (κ3) is 6.04. The third-order valence-corrected chi connectivity index (χ3v) is 4.39. The molecule has 21 heavy (non-hydrogen) atoms. The smallest absolute Gasteiger partial charge is 0.223 e. The molecule has 3 aliphatic heterocycles. The molecule has 0 aromatic rings. The van der Waals surface area contributed by atoms with E-state index in [-0.39, 0.29) is 5.91 Å². The summed E-state index contributed by atoms with van der Waals surface area (Å²) in [6.07, 6.45) is 10.0. The number of carbonyl (C=O) groups excluding carboxylic acids is 2. The molecule has 3 aliphatic rings. The first-order valence-corrected chi connectivity index (χ1v) is 8.52. The number of amides is 2. The Labute approximate surface area is 128 Å². The van der Waals surface area contributed by atoms with Crippen molar-refractivity contribution >= 4 is 11.8 Å². The number of hydrogen-bond acceptors (Lipinski definition) is 3. The van der Waals surface area contributed by atoms with E-state index in [9.17, 15) is 9.59 Å². The maximum absolute atomic E-state index is 11.6. The molecule has 0 aromatic heterocycles. The predicted molar refractivity (Wildman–Crippen MR) is 82.7 cm³/mol. The van der Waals surface area contributed by atoms with Crippen LogP contribution in [-0.4, -0.2) is 54.5 Å². The number of carbonyl (C=O) groups is 2. The van der Waals surface area contributed by atoms with Gasteiger partial charge in [0.25, 0.3) is 0 Å². The Hall–Kier alpha value is -1.10. The van der Waals surface area contributed by atoms with E-state index in [1.165, 1.54) is 38.8 Å². The molecule has 0 atom stereocenters. The lowest BCUT2D eigenvalue weighted by Gasteiger charge is -2.34. The second-order valence-electron chi connectivity index (χ2n) is 6.24. The lowest BCUT2D eigenvalue weighted by molar-refractivity contribution is -0.135. The van der Waals surface area contributed by atoms with Crippen LogP contribution in [0, 0.1) is 0 Å². The minimum atomic E-state index is 0.214. The zero-order valence-electron chi connectivity index (χ0n) is 13.1. The fourth-order valence-electron chi connectivity index (χ4n) is 3.08. The first-order valence-electron chi connectivity index (χ1n) is 8.52. The Balaban J connectivity index is 0.000000194. The SMILES string of the molecule is O=C1CCCCN1.O=C1CCCCN1CN1CCCCC1. The highest BCUT2D eigenvalue weighted by atomic mass is 16.2. The topological polar surface area (TPSA) is 52.7 Å². The van der Waals surface area contributed by atoms with Crippen LogP contribution in [0.2, 0.25) is 0 Å². The van der Waals surface area contributed by atoms with E-state index >= 15 is 0 Å². The number of piperidine rings is 3. The molecule has 5 heteroatoms. The van der Waals surface area contributed by atoms with Crippen LogP contribution >= 0.6 is 0 Å². The molecule has 3 fully saturated rings. The summed E-state index contributed by atoms with van der Waals surface area (Å²) in [5.74, 6) is 0.577. The van der Waals surface area contributed by atoms with Gasteiger partial charge in [-0.3, -0.25) is 14.5 Å². The van der Waals surface area contributed by atoms with E-state index in [1.54, 1.807) is 0 Å². The van der Waals surface area contributed by atoms with Crippen LogP contribution in [0.15, 0.2) is 0 Å². The zero-order chi connectivity index (χ0) is 14.9. The second-order valence-corrected chi connectivity index (χ2v) is 6.24. The molecule has 0 bridgehead atoms. The summed E-state index contributed by atoms with van der Waals surface area (Å²) in [5.41, 5.74) is 0. The highest BCUT2D eigenvalue weighted by Gasteiger charge is 2.20. The maximum Gasteiger partial charge on any atom is 0.223 e. The summed E-state index contributed by atoms with van der Waals surface area (Å²) in [6, 6.07) is 0. The maximum atomic E-state index is 11.6. The van der Waals surface area contributed by atoms with Gasteiger partial charge in [-0.25, -0.2) is 0 Å². The Kier molecular flexibility index (Phi) is 7.00. The Morgan fingerprint density at radius 3 is 2.10 bits per heavy atom. The Morgan fingerprint density at radius 2 is 1.52 bits per heavy atom. The molecule has 3 rings (SSSR count). The van der Waals surface area contributed by atoms with Crippen LogP contribution in [0.5, 0.6) is 0 Å². The molecule has 0 saturated carbocycles. The normalized spacial score (nSPS) is 24.1. The van der Waals surface area contributed by atoms with Crippen LogP contribution in [0.3, 0.4) is 0 Å². The van der Waals surface area contributed by atoms with Crippen molar-refractivity contribution in [2.75, 3.05) is 32.8 Å². The summed E-state index contributed by atoms with van der Waals surface area (Å²) in [7, 11) is 0. The summed E-state index contributed by atoms with van der Waals surface area (Å²) in [5, 5.41) is 2.74. The van der Waals surface area contributed by atoms with E-state index in [4.69, 9.17) is 0 Å². The Bertz CT molecular complexity index is 332. The highest BCUT2D eigenvalue weighted by molar-refractivity contribution is 5.76. The molecule has 0 aromatic carbocycles. The monoisotopic (exact) mass is 295 g/mol. The van der Waals surface area contributed by atoms with Crippen molar-refractivity contribution in [2.45, 2.75) is 57.8 Å². The van der Waals surface area contributed by atoms with Crippen LogP contribution < -0.4 is 5.32 Å². The fraction of sp³-hybridized carbons (Fsp3) is 0.875. The molecule has 120 valence electrons. The third-order valence-electron chi connectivity index (χ3n) is 4.39. The number of nitrogens with zero attached hydrogens (tertiary/aromatic N) is 2. The van der Waals surface area contributed by atoms with E-state index < -0.39 is 0 Å². The number of rotatable bonds is 2. The number of hydrogen-bond donors (Lipinski definition) is 1. The first kappa shape index (κ1) is 16.3. The van der Waals surface area contributed by atoms with Gasteiger partial charge in [0, 0.05) is 25.9 Å². The van der Waals surface area contributed by atoms with Gasteiger partial charge in [-0.05, 0) is 51.6 Å². The van der Waals surface area contributed by atoms with Gasteiger partial charge in [0.05, 0.1) is 6.67 Å². The number of nitrogens with one attached hydrogen (secondary N) is 1. The van der Waals surface area contributed by atoms with Crippen molar-refractivity contribution in [3.63, 3.8) is 0 Å². The van der Waals surface area contributed by atoms with Crippen LogP contribution in [0.1, 0.15) is 57.8 Å². The minimum absolute atomic E-state index is 0.214. The lowest BCUT2D eigenvalue weighted by atomic mass is 10.1. The zero-order valence-corrected chi connectivity index (χ0v) is 13.1. The molecule has 0 spiro atoms. The summed E-state index contributed by atoms with van der Waals surface area (Å²) >= 11 is 0.